The van der Waals surface area contributed by atoms with E-state index in [1.54, 1.807) is 11.8 Å². The summed E-state index contributed by atoms with van der Waals surface area (Å²) in [7, 11) is 0. The van der Waals surface area contributed by atoms with Gasteiger partial charge in [0.05, 0.1) is 12.6 Å². The van der Waals surface area contributed by atoms with E-state index in [1.807, 2.05) is 91.0 Å². The molecule has 1 aliphatic heterocycles. The second kappa shape index (κ2) is 8.76. The standard InChI is InChI=1S/C25H23NO3S/c1-2-29-24(28)25(30-21-16-10-5-11-17-21)22(20-14-8-4-9-15-20)26(23(25)27)18-19-12-6-3-7-13-19/h3-17,22H,2,18H2,1H3/t22-,25-/m1/s1. The number of amides is 1. The van der Waals surface area contributed by atoms with Gasteiger partial charge in [0.15, 0.2) is 0 Å². The van der Waals surface area contributed by atoms with Gasteiger partial charge < -0.3 is 9.64 Å². The van der Waals surface area contributed by atoms with E-state index in [9.17, 15) is 9.59 Å². The zero-order valence-electron chi connectivity index (χ0n) is 16.7. The highest BCUT2D eigenvalue weighted by molar-refractivity contribution is 8.02. The normalized spacial score (nSPS) is 20.5. The van der Waals surface area contributed by atoms with Crippen LogP contribution in [0.15, 0.2) is 95.9 Å². The van der Waals surface area contributed by atoms with Crippen molar-refractivity contribution in [3.8, 4) is 0 Å². The third-order valence-corrected chi connectivity index (χ3v) is 6.58. The molecule has 0 aliphatic carbocycles. The summed E-state index contributed by atoms with van der Waals surface area (Å²) in [4.78, 5) is 29.5. The van der Waals surface area contributed by atoms with E-state index in [4.69, 9.17) is 4.74 Å². The predicted molar refractivity (Wildman–Crippen MR) is 118 cm³/mol. The summed E-state index contributed by atoms with van der Waals surface area (Å²) in [5, 5.41) is 0. The van der Waals surface area contributed by atoms with Crippen LogP contribution in [0, 0.1) is 0 Å². The van der Waals surface area contributed by atoms with Gasteiger partial charge in [-0.05, 0) is 30.2 Å². The summed E-state index contributed by atoms with van der Waals surface area (Å²) >= 11 is 1.29. The molecule has 0 radical (unpaired) electrons. The molecule has 0 bridgehead atoms. The molecule has 4 rings (SSSR count). The number of carbonyl (C=O) groups excluding carboxylic acids is 2. The van der Waals surface area contributed by atoms with E-state index in [2.05, 4.69) is 0 Å². The molecule has 1 heterocycles. The van der Waals surface area contributed by atoms with Gasteiger partial charge in [-0.25, -0.2) is 4.79 Å². The number of likely N-dealkylation sites (tertiary alicyclic amines) is 1. The maximum Gasteiger partial charge on any atom is 0.334 e. The maximum atomic E-state index is 13.6. The number of rotatable bonds is 7. The van der Waals surface area contributed by atoms with Crippen molar-refractivity contribution in [2.75, 3.05) is 6.61 Å². The van der Waals surface area contributed by atoms with Crippen molar-refractivity contribution in [3.05, 3.63) is 102 Å². The summed E-state index contributed by atoms with van der Waals surface area (Å²) in [6.07, 6.45) is 0. The van der Waals surface area contributed by atoms with Gasteiger partial charge in [0.1, 0.15) is 0 Å². The third-order valence-electron chi connectivity index (χ3n) is 5.19. The van der Waals surface area contributed by atoms with Crippen molar-refractivity contribution in [1.29, 1.82) is 0 Å². The summed E-state index contributed by atoms with van der Waals surface area (Å²) in [6.45, 7) is 2.43. The minimum Gasteiger partial charge on any atom is -0.464 e. The van der Waals surface area contributed by atoms with Crippen LogP contribution in [-0.4, -0.2) is 28.1 Å². The SMILES string of the molecule is CCOC(=O)[C@]1(Sc2ccccc2)C(=O)N(Cc2ccccc2)[C@@H]1c1ccccc1. The molecule has 0 unspecified atom stereocenters. The van der Waals surface area contributed by atoms with Gasteiger partial charge in [-0.3, -0.25) is 4.79 Å². The van der Waals surface area contributed by atoms with E-state index < -0.39 is 16.8 Å². The average Bonchev–Trinajstić information content (AvgIpc) is 2.79. The van der Waals surface area contributed by atoms with E-state index >= 15 is 0 Å². The Labute approximate surface area is 180 Å². The fourth-order valence-electron chi connectivity index (χ4n) is 3.85. The highest BCUT2D eigenvalue weighted by Gasteiger charge is 2.67. The smallest absolute Gasteiger partial charge is 0.334 e. The number of benzene rings is 3. The molecule has 0 spiro atoms. The van der Waals surface area contributed by atoms with Crippen LogP contribution in [0.3, 0.4) is 0 Å². The summed E-state index contributed by atoms with van der Waals surface area (Å²) in [5.41, 5.74) is 1.94. The average molecular weight is 418 g/mol. The van der Waals surface area contributed by atoms with Gasteiger partial charge in [-0.2, -0.15) is 0 Å². The summed E-state index contributed by atoms with van der Waals surface area (Å²) < 4.78 is 4.10. The second-order valence-electron chi connectivity index (χ2n) is 7.10. The molecule has 3 aromatic carbocycles. The van der Waals surface area contributed by atoms with Crippen LogP contribution in [0.1, 0.15) is 24.1 Å². The molecule has 2 atom stereocenters. The van der Waals surface area contributed by atoms with Gasteiger partial charge in [0.2, 0.25) is 4.75 Å². The van der Waals surface area contributed by atoms with Crippen molar-refractivity contribution in [2.45, 2.75) is 29.2 Å². The molecule has 1 fully saturated rings. The number of carbonyl (C=O) groups is 2. The summed E-state index contributed by atoms with van der Waals surface area (Å²) in [6, 6.07) is 28.7. The quantitative estimate of drug-likeness (QED) is 0.313. The zero-order valence-corrected chi connectivity index (χ0v) is 17.5. The van der Waals surface area contributed by atoms with Crippen molar-refractivity contribution in [2.24, 2.45) is 0 Å². The lowest BCUT2D eigenvalue weighted by molar-refractivity contribution is -0.169. The highest BCUT2D eigenvalue weighted by Crippen LogP contribution is 2.55. The van der Waals surface area contributed by atoms with Gasteiger partial charge in [-0.15, -0.1) is 0 Å². The Bertz CT molecular complexity index is 1010. The van der Waals surface area contributed by atoms with Crippen molar-refractivity contribution >= 4 is 23.6 Å². The van der Waals surface area contributed by atoms with Crippen LogP contribution in [0.25, 0.3) is 0 Å². The largest absolute Gasteiger partial charge is 0.464 e. The monoisotopic (exact) mass is 417 g/mol. The first-order valence-electron chi connectivity index (χ1n) is 9.98. The molecule has 1 saturated heterocycles. The Kier molecular flexibility index (Phi) is 5.91. The Balaban J connectivity index is 1.78. The van der Waals surface area contributed by atoms with Crippen LogP contribution in [0.4, 0.5) is 0 Å². The number of thioether (sulfide) groups is 1. The Morgan fingerprint density at radius 1 is 0.933 bits per heavy atom. The first kappa shape index (κ1) is 20.2. The third kappa shape index (κ3) is 3.61. The fourth-order valence-corrected chi connectivity index (χ4v) is 5.23. The van der Waals surface area contributed by atoms with Crippen molar-refractivity contribution in [3.63, 3.8) is 0 Å². The molecule has 4 nitrogen and oxygen atoms in total. The Morgan fingerprint density at radius 3 is 2.10 bits per heavy atom. The van der Waals surface area contributed by atoms with Crippen LogP contribution >= 0.6 is 11.8 Å². The molecule has 0 N–H and O–H groups in total. The molecular formula is C25H23NO3S. The molecule has 1 aliphatic rings. The molecular weight excluding hydrogens is 394 g/mol. The number of ether oxygens (including phenoxy) is 1. The minimum atomic E-state index is -1.34. The highest BCUT2D eigenvalue weighted by atomic mass is 32.2. The van der Waals surface area contributed by atoms with Crippen molar-refractivity contribution < 1.29 is 14.3 Å². The number of β-lactam (4-membered cyclic amide) rings is 1. The predicted octanol–water partition coefficient (Wildman–Crippen LogP) is 4.86. The van der Waals surface area contributed by atoms with Crippen LogP contribution in [-0.2, 0) is 20.9 Å². The van der Waals surface area contributed by atoms with Crippen LogP contribution in [0.2, 0.25) is 0 Å². The lowest BCUT2D eigenvalue weighted by atomic mass is 9.80. The van der Waals surface area contributed by atoms with Gasteiger partial charge in [0.25, 0.3) is 5.91 Å². The lowest BCUT2D eigenvalue weighted by Crippen LogP contribution is -2.70. The van der Waals surface area contributed by atoms with E-state index in [0.717, 1.165) is 16.0 Å². The molecule has 1 amide bonds. The number of esters is 1. The first-order chi connectivity index (χ1) is 14.7. The molecule has 0 aromatic heterocycles. The Morgan fingerprint density at radius 2 is 1.50 bits per heavy atom. The van der Waals surface area contributed by atoms with E-state index in [-0.39, 0.29) is 12.5 Å². The topological polar surface area (TPSA) is 46.6 Å². The van der Waals surface area contributed by atoms with Crippen molar-refractivity contribution in [1.82, 2.24) is 4.90 Å². The fraction of sp³-hybridized carbons (Fsp3) is 0.200. The molecule has 5 heteroatoms. The molecule has 0 saturated carbocycles. The Hall–Kier alpha value is -3.05. The zero-order chi connectivity index (χ0) is 21.0. The summed E-state index contributed by atoms with van der Waals surface area (Å²) in [5.74, 6) is -0.700. The minimum absolute atomic E-state index is 0.215. The van der Waals surface area contributed by atoms with Gasteiger partial charge in [0, 0.05) is 11.4 Å². The number of hydrogen-bond donors (Lipinski definition) is 0. The van der Waals surface area contributed by atoms with Crippen LogP contribution in [0.5, 0.6) is 0 Å². The molecule has 152 valence electrons. The number of hydrogen-bond acceptors (Lipinski definition) is 4. The van der Waals surface area contributed by atoms with Crippen LogP contribution < -0.4 is 0 Å². The number of nitrogens with zero attached hydrogens (tertiary/aromatic N) is 1. The molecule has 30 heavy (non-hydrogen) atoms. The van der Waals surface area contributed by atoms with Gasteiger partial charge in [-0.1, -0.05) is 90.6 Å². The van der Waals surface area contributed by atoms with E-state index in [1.165, 1.54) is 11.8 Å². The first-order valence-corrected chi connectivity index (χ1v) is 10.8. The van der Waals surface area contributed by atoms with Gasteiger partial charge >= 0.3 is 5.97 Å². The lowest BCUT2D eigenvalue weighted by Gasteiger charge is -2.53. The second-order valence-corrected chi connectivity index (χ2v) is 8.42. The maximum absolute atomic E-state index is 13.6. The van der Waals surface area contributed by atoms with E-state index in [0.29, 0.717) is 6.54 Å². The molecule has 3 aromatic rings.